The molecule has 1 aliphatic heterocycles. The van der Waals surface area contributed by atoms with Crippen LogP contribution in [0.5, 0.6) is 0 Å². The highest BCUT2D eigenvalue weighted by Gasteiger charge is 2.63. The molecule has 10 nitrogen and oxygen atoms in total. The van der Waals surface area contributed by atoms with E-state index in [0.29, 0.717) is 43.6 Å². The molecule has 1 heterocycles. The molecule has 2 amide bonds. The van der Waals surface area contributed by atoms with Gasteiger partial charge in [0.05, 0.1) is 17.7 Å². The lowest BCUT2D eigenvalue weighted by molar-refractivity contribution is -0.140. The van der Waals surface area contributed by atoms with Crippen molar-refractivity contribution in [1.82, 2.24) is 10.6 Å². The summed E-state index contributed by atoms with van der Waals surface area (Å²) in [5.41, 5.74) is 0.689. The molecule has 0 aromatic heterocycles. The number of nitrogens with zero attached hydrogens (tertiary/aromatic N) is 1. The van der Waals surface area contributed by atoms with Crippen molar-refractivity contribution < 1.29 is 34.2 Å². The molecule has 0 aromatic carbocycles. The normalized spacial score (nSPS) is 37.6. The first-order chi connectivity index (χ1) is 22.5. The molecule has 10 heteroatoms. The Kier molecular flexibility index (Phi) is 10.4. The van der Waals surface area contributed by atoms with Gasteiger partial charge < -0.3 is 30.4 Å². The minimum Gasteiger partial charge on any atom is -0.481 e. The van der Waals surface area contributed by atoms with Crippen molar-refractivity contribution in [3.05, 3.63) is 11.6 Å². The predicted molar refractivity (Wildman–Crippen MR) is 183 cm³/mol. The third-order valence-corrected chi connectivity index (χ3v) is 13.0. The average Bonchev–Trinajstić information content (AvgIpc) is 3.29. The minimum absolute atomic E-state index is 0.0486. The van der Waals surface area contributed by atoms with Gasteiger partial charge in [-0.25, -0.2) is 0 Å². The third kappa shape index (κ3) is 7.05. The topological polar surface area (TPSA) is 147 Å². The molecule has 0 bridgehead atoms. The number of carbonyl (C=O) groups is 3. The molecule has 5 aliphatic rings. The van der Waals surface area contributed by atoms with E-state index < -0.39 is 41.1 Å². The highest BCUT2D eigenvalue weighted by Crippen LogP contribution is 2.67. The van der Waals surface area contributed by atoms with E-state index in [1.807, 2.05) is 27.7 Å². The van der Waals surface area contributed by atoms with Gasteiger partial charge in [0, 0.05) is 18.1 Å². The van der Waals surface area contributed by atoms with Crippen LogP contribution in [0.25, 0.3) is 0 Å². The van der Waals surface area contributed by atoms with Crippen LogP contribution in [-0.4, -0.2) is 70.2 Å². The maximum atomic E-state index is 13.4. The van der Waals surface area contributed by atoms with Crippen molar-refractivity contribution in [3.8, 4) is 12.3 Å². The van der Waals surface area contributed by atoms with Crippen LogP contribution in [0, 0.1) is 52.8 Å². The van der Waals surface area contributed by atoms with Gasteiger partial charge in [-0.15, -0.1) is 6.42 Å². The fourth-order valence-corrected chi connectivity index (χ4v) is 10.2. The van der Waals surface area contributed by atoms with Gasteiger partial charge >= 0.3 is 5.97 Å². The average molecular weight is 668 g/mol. The van der Waals surface area contributed by atoms with E-state index in [4.69, 9.17) is 16.0 Å². The summed E-state index contributed by atoms with van der Waals surface area (Å²) in [6.07, 6.45) is 16.6. The molecule has 0 spiro atoms. The van der Waals surface area contributed by atoms with Crippen LogP contribution in [-0.2, 0) is 24.0 Å². The molecule has 0 aromatic rings. The van der Waals surface area contributed by atoms with Crippen LogP contribution in [0.3, 0.4) is 0 Å². The van der Waals surface area contributed by atoms with Crippen LogP contribution in [0.4, 0.5) is 0 Å². The summed E-state index contributed by atoms with van der Waals surface area (Å²) in [4.78, 5) is 43.5. The van der Waals surface area contributed by atoms with Crippen LogP contribution in [0.15, 0.2) is 16.8 Å². The van der Waals surface area contributed by atoms with Gasteiger partial charge in [-0.1, -0.05) is 44.3 Å². The zero-order chi connectivity index (χ0) is 35.1. The van der Waals surface area contributed by atoms with Crippen molar-refractivity contribution in [3.63, 3.8) is 0 Å². The molecule has 0 radical (unpaired) electrons. The Bertz CT molecular complexity index is 1370. The summed E-state index contributed by atoms with van der Waals surface area (Å²) in [6.45, 7) is 12.4. The van der Waals surface area contributed by atoms with Crippen LogP contribution in [0.1, 0.15) is 112 Å². The molecule has 0 unspecified atom stereocenters. The number of hydrogen-bond donors (Lipinski definition) is 4. The molecule has 5 rings (SSSR count). The summed E-state index contributed by atoms with van der Waals surface area (Å²) < 4.78 is 5.80. The molecule has 4 N–H and O–H groups in total. The zero-order valence-electron chi connectivity index (χ0n) is 29.8. The number of ether oxygens (including phenoxy) is 1. The zero-order valence-corrected chi connectivity index (χ0v) is 29.8. The molecule has 4 aliphatic carbocycles. The van der Waals surface area contributed by atoms with Gasteiger partial charge in [0.25, 0.3) is 5.91 Å². The van der Waals surface area contributed by atoms with Crippen molar-refractivity contribution >= 4 is 23.5 Å². The number of hydrogen-bond acceptors (Lipinski definition) is 7. The molecule has 266 valence electrons. The summed E-state index contributed by atoms with van der Waals surface area (Å²) in [5, 5.41) is 30.9. The second-order valence-corrected chi connectivity index (χ2v) is 16.7. The van der Waals surface area contributed by atoms with Crippen LogP contribution < -0.4 is 10.6 Å². The molecular weight excluding hydrogens is 610 g/mol. The fraction of sp³-hybridized carbons (Fsp3) is 0.789. The molecule has 4 fully saturated rings. The number of carboxylic acids is 1. The predicted octanol–water partition coefficient (Wildman–Crippen LogP) is 4.99. The van der Waals surface area contributed by atoms with E-state index in [-0.39, 0.29) is 35.7 Å². The number of terminal acetylenes is 1. The second-order valence-electron chi connectivity index (χ2n) is 16.7. The van der Waals surface area contributed by atoms with Gasteiger partial charge in [0.2, 0.25) is 5.91 Å². The number of allylic oxidation sites excluding steroid dienone is 2. The lowest BCUT2D eigenvalue weighted by atomic mass is 9.46. The number of aliphatic carboxylic acids is 1. The third-order valence-electron chi connectivity index (χ3n) is 13.0. The standard InChI is InChI=1S/C38H57N3O7/c1-8-38(46)17-13-29-27-10-9-25-19-26(11-15-36(25,6)28(27)12-16-37(29,38)7)41-48-22-31(42)40-33(23(2)3)34(45)39-30(20-32(43)44)24-14-18-47-35(4,5)21-24/h1,19,23-24,27-30,33,46H,9-18,20-22H2,2-7H3,(H,39,45)(H,40,42)(H,43,44)/b41-26-/t24-,27-,28-,29-,30+,33+,36+,37+,38-/m1/s1. The Hall–Kier alpha value is -2.90. The van der Waals surface area contributed by atoms with Crippen molar-refractivity contribution in [2.24, 2.45) is 45.6 Å². The number of nitrogens with one attached hydrogen (secondary N) is 2. The summed E-state index contributed by atoms with van der Waals surface area (Å²) in [5.74, 6) is 2.19. The largest absolute Gasteiger partial charge is 0.481 e. The number of rotatable bonds is 10. The first-order valence-corrected chi connectivity index (χ1v) is 18.1. The minimum atomic E-state index is -1.00. The van der Waals surface area contributed by atoms with Crippen LogP contribution in [0.2, 0.25) is 0 Å². The first kappa shape index (κ1) is 36.4. The lowest BCUT2D eigenvalue weighted by Gasteiger charge is -2.58. The van der Waals surface area contributed by atoms with E-state index in [2.05, 4.69) is 41.6 Å². The first-order valence-electron chi connectivity index (χ1n) is 18.1. The number of carbonyl (C=O) groups excluding carboxylic acids is 2. The summed E-state index contributed by atoms with van der Waals surface area (Å²) >= 11 is 0. The Labute approximate surface area is 286 Å². The molecular formula is C38H57N3O7. The Morgan fingerprint density at radius 2 is 1.79 bits per heavy atom. The maximum Gasteiger partial charge on any atom is 0.305 e. The number of aliphatic hydroxyl groups is 1. The smallest absolute Gasteiger partial charge is 0.305 e. The van der Waals surface area contributed by atoms with Gasteiger partial charge in [-0.05, 0) is 119 Å². The van der Waals surface area contributed by atoms with E-state index >= 15 is 0 Å². The quantitative estimate of drug-likeness (QED) is 0.190. The summed E-state index contributed by atoms with van der Waals surface area (Å²) in [7, 11) is 0. The molecule has 9 atom stereocenters. The SMILES string of the molecule is C#C[C@@]1(O)CC[C@@H]2[C@@H]3CCC4=C/C(=N\OCC(=O)N[C@H](C(=O)N[C@@H](CC(=O)O)[C@@H]5CCOC(C)(C)C5)C(C)C)CC[C@]4(C)[C@@H]3CC[C@@]21C. The van der Waals surface area contributed by atoms with E-state index in [1.165, 1.54) is 5.57 Å². The highest BCUT2D eigenvalue weighted by atomic mass is 16.6. The van der Waals surface area contributed by atoms with Crippen LogP contribution >= 0.6 is 0 Å². The number of oxime groups is 1. The fourth-order valence-electron chi connectivity index (χ4n) is 10.2. The van der Waals surface area contributed by atoms with Crippen molar-refractivity contribution in [2.75, 3.05) is 13.2 Å². The summed E-state index contributed by atoms with van der Waals surface area (Å²) in [6, 6.07) is -1.42. The van der Waals surface area contributed by atoms with Gasteiger partial charge in [0.1, 0.15) is 11.6 Å². The molecule has 48 heavy (non-hydrogen) atoms. The second kappa shape index (κ2) is 13.8. The Morgan fingerprint density at radius 1 is 1.06 bits per heavy atom. The molecule has 1 saturated heterocycles. The molecule has 3 saturated carbocycles. The number of carboxylic acid groups (broad SMARTS) is 1. The Morgan fingerprint density at radius 3 is 2.46 bits per heavy atom. The highest BCUT2D eigenvalue weighted by molar-refractivity contribution is 5.96. The van der Waals surface area contributed by atoms with Crippen molar-refractivity contribution in [1.29, 1.82) is 0 Å². The van der Waals surface area contributed by atoms with Crippen molar-refractivity contribution in [2.45, 2.75) is 135 Å². The Balaban J connectivity index is 1.17. The van der Waals surface area contributed by atoms with Gasteiger partial charge in [-0.3, -0.25) is 14.4 Å². The lowest BCUT2D eigenvalue weighted by Crippen LogP contribution is -2.55. The van der Waals surface area contributed by atoms with E-state index in [0.717, 1.165) is 50.7 Å². The van der Waals surface area contributed by atoms with Gasteiger partial charge in [0.15, 0.2) is 6.61 Å². The number of fused-ring (bicyclic) bond motifs is 5. The number of amides is 2. The maximum absolute atomic E-state index is 13.4. The van der Waals surface area contributed by atoms with Gasteiger partial charge in [-0.2, -0.15) is 0 Å². The van der Waals surface area contributed by atoms with E-state index in [1.54, 1.807) is 0 Å². The van der Waals surface area contributed by atoms with E-state index in [9.17, 15) is 24.6 Å². The monoisotopic (exact) mass is 667 g/mol.